The summed E-state index contributed by atoms with van der Waals surface area (Å²) in [5.41, 5.74) is 1.15. The zero-order chi connectivity index (χ0) is 13.3. The lowest BCUT2D eigenvalue weighted by molar-refractivity contribution is 0.0701. The number of rotatable bonds is 3. The van der Waals surface area contributed by atoms with Gasteiger partial charge in [-0.05, 0) is 46.5 Å². The molecule has 0 radical (unpaired) electrons. The third-order valence-electron chi connectivity index (χ3n) is 2.44. The average Bonchev–Trinajstić information content (AvgIpc) is 2.78. The molecule has 18 heavy (non-hydrogen) atoms. The first-order chi connectivity index (χ1) is 8.50. The Kier molecular flexibility index (Phi) is 3.81. The van der Waals surface area contributed by atoms with Crippen LogP contribution in [0, 0.1) is 10.5 Å². The maximum Gasteiger partial charge on any atom is 0.346 e. The maximum absolute atomic E-state index is 12.0. The molecule has 2 rings (SSSR count). The number of carbonyl (C=O) groups is 1. The lowest BCUT2D eigenvalue weighted by atomic mass is 10.2. The first-order valence-electron chi connectivity index (χ1n) is 5.02. The second-order valence-electron chi connectivity index (χ2n) is 3.66. The number of aromatic carboxylic acids is 1. The number of halogens is 1. The summed E-state index contributed by atoms with van der Waals surface area (Å²) in [7, 11) is 0. The molecule has 0 aromatic carbocycles. The quantitative estimate of drug-likeness (QED) is 0.832. The second kappa shape index (κ2) is 5.19. The number of carboxylic acids is 1. The van der Waals surface area contributed by atoms with Gasteiger partial charge >= 0.3 is 5.97 Å². The van der Waals surface area contributed by atoms with Gasteiger partial charge in [0, 0.05) is 0 Å². The number of thiophene rings is 1. The fourth-order valence-corrected chi connectivity index (χ4v) is 2.69. The van der Waals surface area contributed by atoms with Crippen molar-refractivity contribution < 1.29 is 9.90 Å². The molecule has 0 saturated heterocycles. The number of aryl methyl sites for hydroxylation is 1. The smallest absolute Gasteiger partial charge is 0.346 e. The van der Waals surface area contributed by atoms with Crippen LogP contribution in [0.4, 0.5) is 0 Å². The van der Waals surface area contributed by atoms with E-state index in [4.69, 9.17) is 5.11 Å². The van der Waals surface area contributed by atoms with Crippen molar-refractivity contribution in [2.24, 2.45) is 0 Å². The summed E-state index contributed by atoms with van der Waals surface area (Å²) in [4.78, 5) is 27.3. The Balaban J connectivity index is 2.41. The molecule has 0 aliphatic heterocycles. The minimum Gasteiger partial charge on any atom is -0.477 e. The number of hydrogen-bond donors (Lipinski definition) is 1. The van der Waals surface area contributed by atoms with Crippen molar-refractivity contribution in [2.45, 2.75) is 13.5 Å². The molecule has 0 unspecified atom stereocenters. The molecule has 0 saturated carbocycles. The van der Waals surface area contributed by atoms with Gasteiger partial charge in [0.1, 0.15) is 4.88 Å². The van der Waals surface area contributed by atoms with Gasteiger partial charge in [-0.25, -0.2) is 9.78 Å². The molecule has 2 aromatic rings. The number of aromatic nitrogens is 2. The Morgan fingerprint density at radius 1 is 1.61 bits per heavy atom. The lowest BCUT2D eigenvalue weighted by Gasteiger charge is -2.06. The van der Waals surface area contributed by atoms with Crippen molar-refractivity contribution in [3.63, 3.8) is 0 Å². The maximum atomic E-state index is 12.0. The van der Waals surface area contributed by atoms with E-state index in [-0.39, 0.29) is 17.0 Å². The van der Waals surface area contributed by atoms with E-state index in [1.54, 1.807) is 18.4 Å². The number of nitrogens with zero attached hydrogens (tertiary/aromatic N) is 2. The summed E-state index contributed by atoms with van der Waals surface area (Å²) >= 11 is 3.10. The molecule has 0 bridgehead atoms. The molecule has 2 heterocycles. The Bertz CT molecular complexity index is 663. The zero-order valence-corrected chi connectivity index (χ0v) is 12.4. The van der Waals surface area contributed by atoms with Gasteiger partial charge in [0.05, 0.1) is 22.1 Å². The van der Waals surface area contributed by atoms with Crippen LogP contribution in [0.1, 0.15) is 20.9 Å². The van der Waals surface area contributed by atoms with E-state index in [2.05, 4.69) is 4.98 Å². The van der Waals surface area contributed by atoms with Crippen molar-refractivity contribution >= 4 is 39.9 Å². The van der Waals surface area contributed by atoms with E-state index in [0.29, 0.717) is 14.8 Å². The standard InChI is InChI=1S/C11H9IN2O3S/c1-6-8(12)10(15)14(5-13-6)4-7-2-3-18-9(7)11(16)17/h2-3,5H,4H2,1H3,(H,16,17). The zero-order valence-electron chi connectivity index (χ0n) is 9.38. The van der Waals surface area contributed by atoms with Gasteiger partial charge in [0.15, 0.2) is 0 Å². The highest BCUT2D eigenvalue weighted by atomic mass is 127. The summed E-state index contributed by atoms with van der Waals surface area (Å²) in [5.74, 6) is -0.970. The molecular formula is C11H9IN2O3S. The van der Waals surface area contributed by atoms with E-state index in [9.17, 15) is 9.59 Å². The highest BCUT2D eigenvalue weighted by Gasteiger charge is 2.13. The minimum absolute atomic E-state index is 0.148. The van der Waals surface area contributed by atoms with Gasteiger partial charge in [0.2, 0.25) is 0 Å². The van der Waals surface area contributed by atoms with Crippen LogP contribution in [0.25, 0.3) is 0 Å². The molecule has 5 nitrogen and oxygen atoms in total. The molecule has 0 atom stereocenters. The van der Waals surface area contributed by atoms with E-state index >= 15 is 0 Å². The predicted molar refractivity (Wildman–Crippen MR) is 76.3 cm³/mol. The number of hydrogen-bond acceptors (Lipinski definition) is 4. The first-order valence-corrected chi connectivity index (χ1v) is 6.97. The van der Waals surface area contributed by atoms with Crippen LogP contribution in [0.15, 0.2) is 22.6 Å². The summed E-state index contributed by atoms with van der Waals surface area (Å²) in [6.07, 6.45) is 1.45. The van der Waals surface area contributed by atoms with Crippen molar-refractivity contribution in [1.29, 1.82) is 0 Å². The third-order valence-corrected chi connectivity index (χ3v) is 4.63. The van der Waals surface area contributed by atoms with Crippen LogP contribution in [0.5, 0.6) is 0 Å². The molecular weight excluding hydrogens is 367 g/mol. The summed E-state index contributed by atoms with van der Waals surface area (Å²) in [5, 5.41) is 10.7. The molecule has 0 spiro atoms. The van der Waals surface area contributed by atoms with Gasteiger partial charge in [0.25, 0.3) is 5.56 Å². The van der Waals surface area contributed by atoms with Crippen LogP contribution in [0.2, 0.25) is 0 Å². The Hall–Kier alpha value is -1.22. The van der Waals surface area contributed by atoms with E-state index in [0.717, 1.165) is 11.3 Å². The van der Waals surface area contributed by atoms with Crippen LogP contribution in [-0.2, 0) is 6.54 Å². The van der Waals surface area contributed by atoms with Crippen LogP contribution in [-0.4, -0.2) is 20.6 Å². The van der Waals surface area contributed by atoms with Gasteiger partial charge in [-0.15, -0.1) is 11.3 Å². The minimum atomic E-state index is -0.970. The Morgan fingerprint density at radius 3 is 3.00 bits per heavy atom. The van der Waals surface area contributed by atoms with E-state index in [1.807, 2.05) is 22.6 Å². The molecule has 94 valence electrons. The first kappa shape index (κ1) is 13.2. The molecule has 2 aromatic heterocycles. The largest absolute Gasteiger partial charge is 0.477 e. The van der Waals surface area contributed by atoms with Crippen molar-refractivity contribution in [2.75, 3.05) is 0 Å². The Labute approximate surface area is 120 Å². The van der Waals surface area contributed by atoms with Crippen LogP contribution < -0.4 is 5.56 Å². The highest BCUT2D eigenvalue weighted by Crippen LogP contribution is 2.17. The SMILES string of the molecule is Cc1ncn(Cc2ccsc2C(=O)O)c(=O)c1I. The molecule has 0 amide bonds. The summed E-state index contributed by atoms with van der Waals surface area (Å²) < 4.78 is 1.98. The van der Waals surface area contributed by atoms with Gasteiger partial charge in [-0.1, -0.05) is 0 Å². The third kappa shape index (κ3) is 2.46. The van der Waals surface area contributed by atoms with Crippen molar-refractivity contribution in [3.05, 3.63) is 47.8 Å². The number of carboxylic acid groups (broad SMARTS) is 1. The van der Waals surface area contributed by atoms with E-state index in [1.165, 1.54) is 10.9 Å². The van der Waals surface area contributed by atoms with Crippen LogP contribution in [0.3, 0.4) is 0 Å². The summed E-state index contributed by atoms with van der Waals surface area (Å²) in [6.45, 7) is 1.99. The molecule has 1 N–H and O–H groups in total. The molecule has 0 aliphatic rings. The molecule has 7 heteroatoms. The van der Waals surface area contributed by atoms with Gasteiger partial charge in [-0.3, -0.25) is 9.36 Å². The molecule has 0 aliphatic carbocycles. The van der Waals surface area contributed by atoms with Gasteiger partial charge < -0.3 is 5.11 Å². The lowest BCUT2D eigenvalue weighted by Crippen LogP contribution is -2.24. The highest BCUT2D eigenvalue weighted by molar-refractivity contribution is 14.1. The van der Waals surface area contributed by atoms with E-state index < -0.39 is 5.97 Å². The summed E-state index contributed by atoms with van der Waals surface area (Å²) in [6, 6.07) is 1.72. The van der Waals surface area contributed by atoms with Crippen molar-refractivity contribution in [3.8, 4) is 0 Å². The normalized spacial score (nSPS) is 10.6. The Morgan fingerprint density at radius 2 is 2.33 bits per heavy atom. The topological polar surface area (TPSA) is 72.2 Å². The van der Waals surface area contributed by atoms with Crippen LogP contribution >= 0.6 is 33.9 Å². The monoisotopic (exact) mass is 376 g/mol. The second-order valence-corrected chi connectivity index (χ2v) is 5.65. The average molecular weight is 376 g/mol. The van der Waals surface area contributed by atoms with Crippen molar-refractivity contribution in [1.82, 2.24) is 9.55 Å². The fourth-order valence-electron chi connectivity index (χ4n) is 1.49. The molecule has 0 fully saturated rings. The fraction of sp³-hybridized carbons (Fsp3) is 0.182. The van der Waals surface area contributed by atoms with Gasteiger partial charge in [-0.2, -0.15) is 0 Å². The predicted octanol–water partition coefficient (Wildman–Crippen LogP) is 1.96.